The first kappa shape index (κ1) is 51.2. The summed E-state index contributed by atoms with van der Waals surface area (Å²) >= 11 is -5.62. The van der Waals surface area contributed by atoms with E-state index in [-0.39, 0.29) is 24.9 Å². The van der Waals surface area contributed by atoms with Gasteiger partial charge in [0.25, 0.3) is 0 Å². The second-order valence-electron chi connectivity index (χ2n) is 8.48. The minimum absolute atomic E-state index is 0.231. The van der Waals surface area contributed by atoms with Gasteiger partial charge in [-0.2, -0.15) is 0 Å². The van der Waals surface area contributed by atoms with Crippen molar-refractivity contribution in [1.82, 2.24) is 10.6 Å². The molecule has 19 nitrogen and oxygen atoms in total. The Bertz CT molecular complexity index is 892. The van der Waals surface area contributed by atoms with Crippen molar-refractivity contribution in [2.24, 2.45) is 11.5 Å². The fourth-order valence-corrected chi connectivity index (χ4v) is 22.7. The Morgan fingerprint density at radius 2 is 1.15 bits per heavy atom. The van der Waals surface area contributed by atoms with Gasteiger partial charge in [0.05, 0.1) is 0 Å². The monoisotopic (exact) mass is 1140 g/mol. The molecule has 2 aliphatic heterocycles. The Morgan fingerprint density at radius 1 is 0.681 bits per heavy atom. The fourth-order valence-electron chi connectivity index (χ4n) is 3.15. The van der Waals surface area contributed by atoms with Gasteiger partial charge in [0, 0.05) is 52.5 Å². The van der Waals surface area contributed by atoms with E-state index < -0.39 is 76.7 Å². The van der Waals surface area contributed by atoms with Crippen LogP contribution >= 0.6 is 76.2 Å². The number of nitrogens with one attached hydrogen (secondary N) is 2. The molecule has 0 bridgehead atoms. The summed E-state index contributed by atoms with van der Waals surface area (Å²) in [7, 11) is 13.4. The molecule has 12 N–H and O–H groups in total. The van der Waals surface area contributed by atoms with Gasteiger partial charge in [-0.25, -0.2) is 0 Å². The third-order valence-electron chi connectivity index (χ3n) is 4.73. The second-order valence-corrected chi connectivity index (χ2v) is 51.4. The molecule has 1 spiro atoms. The average Bonchev–Trinajstić information content (AvgIpc) is 2.83. The Hall–Kier alpha value is 4.19. The zero-order valence-corrected chi connectivity index (χ0v) is 39.4. The molecule has 35 heteroatoms. The number of nitrogens with two attached hydrogens (primary N) is 2. The first-order chi connectivity index (χ1) is 21.2. The van der Waals surface area contributed by atoms with Gasteiger partial charge >= 0.3 is 153 Å². The van der Waals surface area contributed by atoms with Crippen LogP contribution in [0.4, 0.5) is 0 Å². The number of hydrogen-bond acceptors (Lipinski definition) is 19. The Labute approximate surface area is 316 Å². The maximum atomic E-state index is 11.1. The third-order valence-corrected chi connectivity index (χ3v) is 22.8. The van der Waals surface area contributed by atoms with E-state index in [0.717, 1.165) is 14.2 Å². The molecule has 2 atom stereocenters. The summed E-state index contributed by atoms with van der Waals surface area (Å²) in [5.41, 5.74) is 10.8. The van der Waals surface area contributed by atoms with Gasteiger partial charge in [0.2, 0.25) is 0 Å². The van der Waals surface area contributed by atoms with Crippen LogP contribution in [0.15, 0.2) is 0 Å². The van der Waals surface area contributed by atoms with Gasteiger partial charge in [0.15, 0.2) is 0 Å². The van der Waals surface area contributed by atoms with Gasteiger partial charge in [-0.3, -0.25) is 0 Å². The van der Waals surface area contributed by atoms with Crippen molar-refractivity contribution in [2.75, 3.05) is 53.5 Å². The minimum atomic E-state index is -5.35. The van der Waals surface area contributed by atoms with Gasteiger partial charge in [-0.1, -0.05) is 0 Å². The first-order valence-electron chi connectivity index (χ1n) is 12.3. The Kier molecular flexibility index (Phi) is 24.7. The predicted octanol–water partition coefficient (Wildman–Crippen LogP) is -0.616. The molecule has 0 saturated carbocycles. The van der Waals surface area contributed by atoms with Gasteiger partial charge in [-0.05, 0) is 25.9 Å². The van der Waals surface area contributed by atoms with E-state index in [4.69, 9.17) is 125 Å². The molecule has 47 heavy (non-hydrogen) atoms. The Morgan fingerprint density at radius 3 is 1.57 bits per heavy atom. The SMILES string of the molecule is CO[Si]1(O)O[Si]2(O[Si](O)(CCCNCCN)O[Si](O)(O)O[Si](OC)(O[Si](O)(O)CCCNCCN)O2)O1.[Cl][Pd-2]([Cl])([Cl])[Cl].[Cl][Pd-2]([Cl])([Cl])[Cl]. The number of rotatable bonds is 16. The molecule has 2 saturated heterocycles. The van der Waals surface area contributed by atoms with Crippen molar-refractivity contribution in [3.05, 3.63) is 0 Å². The van der Waals surface area contributed by atoms with Crippen LogP contribution in [0.3, 0.4) is 0 Å². The zero-order chi connectivity index (χ0) is 36.8. The summed E-state index contributed by atoms with van der Waals surface area (Å²) in [6, 6.07) is -0.511. The topological polar surface area (TPSA) is 281 Å². The zero-order valence-electron chi connectivity index (χ0n) is 24.2. The molecule has 0 radical (unpaired) electrons. The van der Waals surface area contributed by atoms with Crippen molar-refractivity contribution in [2.45, 2.75) is 24.9 Å². The van der Waals surface area contributed by atoms with Crippen molar-refractivity contribution < 1.29 is 89.3 Å². The van der Waals surface area contributed by atoms with Gasteiger partial charge in [0.1, 0.15) is 0 Å². The van der Waals surface area contributed by atoms with Crippen LogP contribution in [0.1, 0.15) is 12.8 Å². The summed E-state index contributed by atoms with van der Waals surface area (Å²) < 4.78 is 47.4. The summed E-state index contributed by atoms with van der Waals surface area (Å²) in [4.78, 5) is 63.4. The molecule has 2 unspecified atom stereocenters. The van der Waals surface area contributed by atoms with Crippen molar-refractivity contribution in [1.29, 1.82) is 0 Å². The molecule has 0 aromatic carbocycles. The number of halogens is 8. The van der Waals surface area contributed by atoms with E-state index in [1.54, 1.807) is 0 Å². The maximum absolute atomic E-state index is 11.1. The van der Waals surface area contributed by atoms with Crippen LogP contribution in [0, 0.1) is 0 Å². The second kappa shape index (κ2) is 22.7. The average molecular weight is 1140 g/mol. The van der Waals surface area contributed by atoms with Crippen LogP contribution in [0.5, 0.6) is 0 Å². The van der Waals surface area contributed by atoms with Crippen LogP contribution in [-0.4, -0.2) is 136 Å². The molecular weight excluding hydrogens is 1110 g/mol. The van der Waals surface area contributed by atoms with E-state index >= 15 is 0 Å². The molecule has 2 heterocycles. The van der Waals surface area contributed by atoms with E-state index in [1.165, 1.54) is 0 Å². The third kappa shape index (κ3) is 25.1. The number of hydrogen-bond donors (Lipinski definition) is 10. The summed E-state index contributed by atoms with van der Waals surface area (Å²) in [5.74, 6) is 0. The van der Waals surface area contributed by atoms with Gasteiger partial charge in [-0.15, -0.1) is 0 Å². The first-order valence-corrected chi connectivity index (χ1v) is 39.0. The van der Waals surface area contributed by atoms with E-state index in [9.17, 15) is 28.8 Å². The molecule has 0 aromatic rings. The summed E-state index contributed by atoms with van der Waals surface area (Å²) in [6.07, 6.45) is 0.465. The molecule has 300 valence electrons. The summed E-state index contributed by atoms with van der Waals surface area (Å²) in [6.45, 7) is 2.52. The van der Waals surface area contributed by atoms with Crippen LogP contribution < -0.4 is 22.1 Å². The van der Waals surface area contributed by atoms with E-state index in [0.29, 0.717) is 39.3 Å². The molecule has 2 fully saturated rings. The molecule has 0 aromatic heterocycles. The van der Waals surface area contributed by atoms with Crippen LogP contribution in [0.25, 0.3) is 0 Å². The molecular formula is C12H38Cl8N4O15Pd2Si6-4. The van der Waals surface area contributed by atoms with E-state index in [2.05, 4.69) is 10.6 Å². The van der Waals surface area contributed by atoms with Crippen LogP contribution in [-0.2, 0) is 60.6 Å². The summed E-state index contributed by atoms with van der Waals surface area (Å²) in [5, 5.41) is 5.96. The molecule has 0 aliphatic carbocycles. The van der Waals surface area contributed by atoms with Gasteiger partial charge < -0.3 is 88.5 Å². The molecule has 2 rings (SSSR count). The van der Waals surface area contributed by atoms with Crippen molar-refractivity contribution in [3.8, 4) is 0 Å². The molecule has 0 amide bonds. The van der Waals surface area contributed by atoms with Crippen molar-refractivity contribution in [3.63, 3.8) is 0 Å². The van der Waals surface area contributed by atoms with Crippen LogP contribution in [0.2, 0.25) is 12.1 Å². The Balaban J connectivity index is 0.00000184. The standard InChI is InChI=1S/C12H38N4O15Si6.8ClH.2Pd/c1-23-35(22)29-37(30-35)27-33(19,12-4-8-16-10-6-14)26-34(20,21)28-36(24-2,31-37)25-32(17,18)11-3-7-15-9-5-13;;;;;;;;;;/h15-22H,3-14H2,1-2H3;8*1H;;/q;;;;;;;;;2*+2/p-8. The quantitative estimate of drug-likeness (QED) is 0.0682. The predicted molar refractivity (Wildman–Crippen MR) is 179 cm³/mol. The van der Waals surface area contributed by atoms with E-state index in [1.807, 2.05) is 0 Å². The molecule has 2 aliphatic rings. The van der Waals surface area contributed by atoms with Crippen molar-refractivity contribution >= 4 is 130 Å². The normalized spacial score (nSPS) is 30.2. The fraction of sp³-hybridized carbons (Fsp3) is 1.00.